The van der Waals surface area contributed by atoms with Gasteiger partial charge in [0.25, 0.3) is 5.91 Å². The number of carbonyl (C=O) groups is 1. The van der Waals surface area contributed by atoms with Gasteiger partial charge in [0.15, 0.2) is 0 Å². The molecule has 2 aromatic rings. The number of alkyl halides is 2. The van der Waals surface area contributed by atoms with E-state index in [4.69, 9.17) is 4.52 Å². The molecule has 5 nitrogen and oxygen atoms in total. The summed E-state index contributed by atoms with van der Waals surface area (Å²) in [4.78, 5) is 12.2. The quantitative estimate of drug-likeness (QED) is 0.919. The van der Waals surface area contributed by atoms with E-state index < -0.39 is 6.61 Å². The molecule has 1 N–H and O–H groups in total. The van der Waals surface area contributed by atoms with Crippen molar-refractivity contribution >= 4 is 5.91 Å². The molecule has 1 aromatic carbocycles. The number of nitrogens with one attached hydrogen (secondary N) is 1. The second-order valence-electron chi connectivity index (χ2n) is 4.84. The predicted molar refractivity (Wildman–Crippen MR) is 74.9 cm³/mol. The molecule has 1 aromatic heterocycles. The number of amides is 1. The summed E-state index contributed by atoms with van der Waals surface area (Å²) in [5.41, 5.74) is 1.69. The van der Waals surface area contributed by atoms with Crippen molar-refractivity contribution in [1.82, 2.24) is 10.5 Å². The number of halogens is 2. The molecule has 7 heteroatoms. The van der Waals surface area contributed by atoms with Gasteiger partial charge in [0.05, 0.1) is 11.7 Å². The molecule has 0 aliphatic heterocycles. The molecular weight excluding hydrogens is 294 g/mol. The van der Waals surface area contributed by atoms with Gasteiger partial charge >= 0.3 is 6.61 Å². The molecule has 0 bridgehead atoms. The van der Waals surface area contributed by atoms with Crippen LogP contribution in [0.25, 0.3) is 0 Å². The number of aryl methyl sites for hydroxylation is 2. The Morgan fingerprint density at radius 2 is 1.91 bits per heavy atom. The van der Waals surface area contributed by atoms with Gasteiger partial charge in [-0.2, -0.15) is 8.78 Å². The molecule has 0 spiro atoms. The zero-order chi connectivity index (χ0) is 16.3. The molecule has 0 aliphatic rings. The maximum Gasteiger partial charge on any atom is 0.387 e. The minimum Gasteiger partial charge on any atom is -0.435 e. The van der Waals surface area contributed by atoms with E-state index in [9.17, 15) is 13.6 Å². The summed E-state index contributed by atoms with van der Waals surface area (Å²) in [6, 6.07) is 5.80. The van der Waals surface area contributed by atoms with Crippen LogP contribution in [0, 0.1) is 13.8 Å². The van der Waals surface area contributed by atoms with Gasteiger partial charge in [-0.1, -0.05) is 17.3 Å². The molecule has 1 amide bonds. The highest BCUT2D eigenvalue weighted by atomic mass is 19.3. The molecule has 118 valence electrons. The van der Waals surface area contributed by atoms with E-state index in [1.807, 2.05) is 0 Å². The fourth-order valence-electron chi connectivity index (χ4n) is 2.10. The van der Waals surface area contributed by atoms with Gasteiger partial charge in [0, 0.05) is 0 Å². The molecule has 1 atom stereocenters. The normalized spacial score (nSPS) is 12.3. The molecule has 0 fully saturated rings. The fraction of sp³-hybridized carbons (Fsp3) is 0.333. The lowest BCUT2D eigenvalue weighted by Crippen LogP contribution is -2.27. The summed E-state index contributed by atoms with van der Waals surface area (Å²) in [6.45, 7) is 2.28. The number of aromatic nitrogens is 1. The molecule has 2 rings (SSSR count). The maximum absolute atomic E-state index is 12.2. The van der Waals surface area contributed by atoms with E-state index in [1.165, 1.54) is 12.1 Å². The van der Waals surface area contributed by atoms with Gasteiger partial charge in [-0.15, -0.1) is 0 Å². The largest absolute Gasteiger partial charge is 0.435 e. The number of rotatable bonds is 5. The van der Waals surface area contributed by atoms with Crippen molar-refractivity contribution in [2.45, 2.75) is 33.4 Å². The van der Waals surface area contributed by atoms with Crippen molar-refractivity contribution in [3.8, 4) is 5.75 Å². The fourth-order valence-corrected chi connectivity index (χ4v) is 2.10. The second-order valence-corrected chi connectivity index (χ2v) is 4.84. The first kappa shape index (κ1) is 15.9. The molecule has 0 radical (unpaired) electrons. The van der Waals surface area contributed by atoms with Crippen LogP contribution in [0.5, 0.6) is 5.75 Å². The standard InChI is InChI=1S/C15H16F2N2O3/c1-8(11-4-6-12(7-5-11)21-15(16)17)18-14(20)13-9(2)19-22-10(13)3/h4-8,15H,1-3H3,(H,18,20). The van der Waals surface area contributed by atoms with Crippen LogP contribution in [0.2, 0.25) is 0 Å². The maximum atomic E-state index is 12.2. The third-order valence-corrected chi connectivity index (χ3v) is 3.21. The third kappa shape index (κ3) is 3.60. The van der Waals surface area contributed by atoms with E-state index in [-0.39, 0.29) is 17.7 Å². The molecule has 0 saturated carbocycles. The third-order valence-electron chi connectivity index (χ3n) is 3.21. The lowest BCUT2D eigenvalue weighted by molar-refractivity contribution is -0.0498. The lowest BCUT2D eigenvalue weighted by Gasteiger charge is -2.15. The van der Waals surface area contributed by atoms with Crippen molar-refractivity contribution in [2.24, 2.45) is 0 Å². The molecule has 22 heavy (non-hydrogen) atoms. The molecular formula is C15H16F2N2O3. The highest BCUT2D eigenvalue weighted by molar-refractivity contribution is 5.96. The minimum atomic E-state index is -2.86. The van der Waals surface area contributed by atoms with E-state index in [1.54, 1.807) is 32.9 Å². The summed E-state index contributed by atoms with van der Waals surface area (Å²) in [6.07, 6.45) is 0. The zero-order valence-electron chi connectivity index (χ0n) is 12.4. The average molecular weight is 310 g/mol. The van der Waals surface area contributed by atoms with Crippen molar-refractivity contribution in [3.05, 3.63) is 46.8 Å². The molecule has 1 heterocycles. The van der Waals surface area contributed by atoms with E-state index in [2.05, 4.69) is 15.2 Å². The topological polar surface area (TPSA) is 64.4 Å². The monoisotopic (exact) mass is 310 g/mol. The Hall–Kier alpha value is -2.44. The summed E-state index contributed by atoms with van der Waals surface area (Å²) in [5.74, 6) is 0.225. The first-order valence-corrected chi connectivity index (χ1v) is 6.67. The Kier molecular flexibility index (Phi) is 4.75. The number of hydrogen-bond donors (Lipinski definition) is 1. The molecule has 1 unspecified atom stereocenters. The van der Waals surface area contributed by atoms with E-state index in [0.717, 1.165) is 5.56 Å². The minimum absolute atomic E-state index is 0.0722. The first-order chi connectivity index (χ1) is 10.4. The van der Waals surface area contributed by atoms with Gasteiger partial charge in [-0.25, -0.2) is 0 Å². The van der Waals surface area contributed by atoms with Crippen LogP contribution in [0.1, 0.15) is 40.3 Å². The Morgan fingerprint density at radius 1 is 1.27 bits per heavy atom. The number of benzene rings is 1. The highest BCUT2D eigenvalue weighted by Crippen LogP contribution is 2.20. The van der Waals surface area contributed by atoms with Gasteiger partial charge < -0.3 is 14.6 Å². The highest BCUT2D eigenvalue weighted by Gasteiger charge is 2.19. The van der Waals surface area contributed by atoms with Crippen molar-refractivity contribution < 1.29 is 22.8 Å². The number of hydrogen-bond acceptors (Lipinski definition) is 4. The van der Waals surface area contributed by atoms with Crippen LogP contribution < -0.4 is 10.1 Å². The van der Waals surface area contributed by atoms with Crippen LogP contribution in [0.15, 0.2) is 28.8 Å². The summed E-state index contributed by atoms with van der Waals surface area (Å²) >= 11 is 0. The van der Waals surface area contributed by atoms with Crippen molar-refractivity contribution in [2.75, 3.05) is 0 Å². The molecule has 0 saturated heterocycles. The summed E-state index contributed by atoms with van der Waals surface area (Å²) in [7, 11) is 0. The van der Waals surface area contributed by atoms with Crippen LogP contribution in [-0.4, -0.2) is 17.7 Å². The second kappa shape index (κ2) is 6.55. The number of carbonyl (C=O) groups excluding carboxylic acids is 1. The number of ether oxygens (including phenoxy) is 1. The predicted octanol–water partition coefficient (Wildman–Crippen LogP) is 3.38. The van der Waals surface area contributed by atoms with Crippen LogP contribution >= 0.6 is 0 Å². The summed E-state index contributed by atoms with van der Waals surface area (Å²) < 4.78 is 33.4. The van der Waals surface area contributed by atoms with Gasteiger partial charge in [0.2, 0.25) is 0 Å². The Bertz CT molecular complexity index is 634. The van der Waals surface area contributed by atoms with Gasteiger partial charge in [-0.3, -0.25) is 4.79 Å². The Balaban J connectivity index is 2.06. The van der Waals surface area contributed by atoms with E-state index >= 15 is 0 Å². The van der Waals surface area contributed by atoms with Crippen molar-refractivity contribution in [3.63, 3.8) is 0 Å². The smallest absolute Gasteiger partial charge is 0.387 e. The van der Waals surface area contributed by atoms with Crippen LogP contribution in [0.3, 0.4) is 0 Å². The van der Waals surface area contributed by atoms with Crippen molar-refractivity contribution in [1.29, 1.82) is 0 Å². The van der Waals surface area contributed by atoms with Gasteiger partial charge in [0.1, 0.15) is 17.1 Å². The number of nitrogens with zero attached hydrogens (tertiary/aromatic N) is 1. The van der Waals surface area contributed by atoms with Gasteiger partial charge in [-0.05, 0) is 38.5 Å². The Morgan fingerprint density at radius 3 is 2.41 bits per heavy atom. The zero-order valence-corrected chi connectivity index (χ0v) is 12.4. The van der Waals surface area contributed by atoms with Crippen LogP contribution in [0.4, 0.5) is 8.78 Å². The SMILES string of the molecule is Cc1noc(C)c1C(=O)NC(C)c1ccc(OC(F)F)cc1. The average Bonchev–Trinajstić information content (AvgIpc) is 2.78. The lowest BCUT2D eigenvalue weighted by atomic mass is 10.1. The van der Waals surface area contributed by atoms with Crippen LogP contribution in [-0.2, 0) is 0 Å². The summed E-state index contributed by atoms with van der Waals surface area (Å²) in [5, 5.41) is 6.55. The first-order valence-electron chi connectivity index (χ1n) is 6.67. The van der Waals surface area contributed by atoms with E-state index in [0.29, 0.717) is 17.0 Å². The Labute approximate surface area is 126 Å². The molecule has 0 aliphatic carbocycles.